The van der Waals surface area contributed by atoms with Gasteiger partial charge in [0.2, 0.25) is 5.76 Å². The molecule has 0 bridgehead atoms. The fourth-order valence-corrected chi connectivity index (χ4v) is 2.66. The summed E-state index contributed by atoms with van der Waals surface area (Å²) in [5.41, 5.74) is 10.2. The molecule has 2 aromatic carbocycles. The van der Waals surface area contributed by atoms with Gasteiger partial charge in [0.1, 0.15) is 19.3 Å². The highest BCUT2D eigenvalue weighted by molar-refractivity contribution is 5.89. The molecule has 0 aromatic heterocycles. The van der Waals surface area contributed by atoms with Crippen LogP contribution in [0.1, 0.15) is 11.1 Å². The van der Waals surface area contributed by atoms with Crippen molar-refractivity contribution < 1.29 is 24.1 Å². The summed E-state index contributed by atoms with van der Waals surface area (Å²) in [5, 5.41) is 13.6. The summed E-state index contributed by atoms with van der Waals surface area (Å²) in [6.45, 7) is 0.0387. The number of aliphatic hydroxyl groups is 1. The van der Waals surface area contributed by atoms with E-state index in [1.165, 1.54) is 0 Å². The zero-order valence-electron chi connectivity index (χ0n) is 15.0. The predicted octanol–water partition coefficient (Wildman–Crippen LogP) is 3.23. The van der Waals surface area contributed by atoms with Crippen molar-refractivity contribution in [3.63, 3.8) is 0 Å². The molecule has 144 valence electrons. The number of carbonyl (C=O) groups is 1. The van der Waals surface area contributed by atoms with Crippen molar-refractivity contribution in [1.29, 1.82) is 0 Å². The zero-order chi connectivity index (χ0) is 19.8. The fraction of sp³-hybridized carbons (Fsp3) is 0.250. The van der Waals surface area contributed by atoms with Gasteiger partial charge in [-0.25, -0.2) is 4.79 Å². The summed E-state index contributed by atoms with van der Waals surface area (Å²) in [4.78, 5) is 14.9. The molecule has 1 aliphatic heterocycles. The van der Waals surface area contributed by atoms with E-state index < -0.39 is 18.2 Å². The quantitative estimate of drug-likeness (QED) is 0.310. The van der Waals surface area contributed by atoms with Crippen LogP contribution in [0.2, 0.25) is 0 Å². The lowest BCUT2D eigenvalue weighted by Crippen LogP contribution is -2.31. The van der Waals surface area contributed by atoms with E-state index in [0.717, 1.165) is 11.1 Å². The Hall–Kier alpha value is -3.48. The van der Waals surface area contributed by atoms with Gasteiger partial charge in [0.05, 0.1) is 6.54 Å². The van der Waals surface area contributed by atoms with Gasteiger partial charge >= 0.3 is 5.97 Å². The number of benzene rings is 2. The number of aliphatic hydroxyl groups excluding tert-OH is 1. The SMILES string of the molecule is [N-]=[N+]=NCC(O)C1OC(=O)C(OCc2ccccc2)=C1OCc1ccccc1. The van der Waals surface area contributed by atoms with Gasteiger partial charge < -0.3 is 19.3 Å². The van der Waals surface area contributed by atoms with Crippen LogP contribution in [0, 0.1) is 0 Å². The van der Waals surface area contributed by atoms with E-state index in [2.05, 4.69) is 10.0 Å². The number of nitrogens with zero attached hydrogens (tertiary/aromatic N) is 3. The number of hydrogen-bond acceptors (Lipinski definition) is 6. The fourth-order valence-electron chi connectivity index (χ4n) is 2.66. The highest BCUT2D eigenvalue weighted by Crippen LogP contribution is 2.29. The number of azide groups is 1. The highest BCUT2D eigenvalue weighted by Gasteiger charge is 2.41. The van der Waals surface area contributed by atoms with E-state index in [4.69, 9.17) is 19.7 Å². The molecule has 0 aliphatic carbocycles. The lowest BCUT2D eigenvalue weighted by Gasteiger charge is -2.19. The number of hydrogen-bond donors (Lipinski definition) is 1. The number of rotatable bonds is 9. The van der Waals surface area contributed by atoms with E-state index in [-0.39, 0.29) is 31.3 Å². The third-order valence-electron chi connectivity index (χ3n) is 4.05. The second kappa shape index (κ2) is 9.45. The Morgan fingerprint density at radius 2 is 1.61 bits per heavy atom. The minimum absolute atomic E-state index is 0.0884. The molecule has 0 saturated carbocycles. The van der Waals surface area contributed by atoms with Gasteiger partial charge in [-0.3, -0.25) is 0 Å². The first-order chi connectivity index (χ1) is 13.7. The lowest BCUT2D eigenvalue weighted by molar-refractivity contribution is -0.147. The van der Waals surface area contributed by atoms with Crippen molar-refractivity contribution in [2.24, 2.45) is 5.11 Å². The molecule has 0 saturated heterocycles. The molecule has 0 radical (unpaired) electrons. The molecule has 1 aliphatic rings. The van der Waals surface area contributed by atoms with Crippen LogP contribution in [-0.4, -0.2) is 29.8 Å². The first-order valence-electron chi connectivity index (χ1n) is 8.66. The third-order valence-corrected chi connectivity index (χ3v) is 4.05. The average molecular weight is 381 g/mol. The summed E-state index contributed by atoms with van der Waals surface area (Å²) >= 11 is 0. The van der Waals surface area contributed by atoms with Crippen molar-refractivity contribution in [3.8, 4) is 0 Å². The number of carbonyl (C=O) groups excluding carboxylic acids is 1. The lowest BCUT2D eigenvalue weighted by atomic mass is 10.1. The van der Waals surface area contributed by atoms with Crippen LogP contribution in [-0.2, 0) is 32.2 Å². The van der Waals surface area contributed by atoms with Crippen molar-refractivity contribution in [1.82, 2.24) is 0 Å². The maximum atomic E-state index is 12.3. The second-order valence-electron chi connectivity index (χ2n) is 6.05. The standard InChI is InChI=1S/C20H19N3O5/c21-23-22-11-16(24)17-18(26-12-14-7-3-1-4-8-14)19(20(25)28-17)27-13-15-9-5-2-6-10-15/h1-10,16-17,24H,11-13H2. The van der Waals surface area contributed by atoms with Crippen molar-refractivity contribution in [2.75, 3.05) is 6.54 Å². The molecule has 0 fully saturated rings. The summed E-state index contributed by atoms with van der Waals surface area (Å²) in [7, 11) is 0. The number of esters is 1. The Balaban J connectivity index is 1.80. The summed E-state index contributed by atoms with van der Waals surface area (Å²) in [6, 6.07) is 18.7. The Labute approximate surface area is 161 Å². The summed E-state index contributed by atoms with van der Waals surface area (Å²) < 4.78 is 16.7. The van der Waals surface area contributed by atoms with Crippen LogP contribution in [0.3, 0.4) is 0 Å². The molecule has 8 heteroatoms. The molecule has 1 heterocycles. The van der Waals surface area contributed by atoms with Crippen LogP contribution < -0.4 is 0 Å². The van der Waals surface area contributed by atoms with Crippen molar-refractivity contribution in [3.05, 3.63) is 93.8 Å². The maximum Gasteiger partial charge on any atom is 0.378 e. The Morgan fingerprint density at radius 3 is 2.18 bits per heavy atom. The van der Waals surface area contributed by atoms with Gasteiger partial charge in [-0.1, -0.05) is 65.8 Å². The maximum absolute atomic E-state index is 12.3. The molecule has 8 nitrogen and oxygen atoms in total. The minimum atomic E-state index is -1.25. The molecule has 2 aromatic rings. The third kappa shape index (κ3) is 4.82. The number of ether oxygens (including phenoxy) is 3. The smallest absolute Gasteiger partial charge is 0.378 e. The second-order valence-corrected chi connectivity index (χ2v) is 6.05. The van der Waals surface area contributed by atoms with E-state index in [1.54, 1.807) is 0 Å². The van der Waals surface area contributed by atoms with Crippen LogP contribution in [0.5, 0.6) is 0 Å². The van der Waals surface area contributed by atoms with E-state index in [0.29, 0.717) is 0 Å². The molecular formula is C20H19N3O5. The van der Waals surface area contributed by atoms with Gasteiger partial charge in [-0.2, -0.15) is 0 Å². The zero-order valence-corrected chi connectivity index (χ0v) is 15.0. The van der Waals surface area contributed by atoms with Crippen LogP contribution in [0.15, 0.2) is 77.3 Å². The van der Waals surface area contributed by atoms with Gasteiger partial charge in [0.15, 0.2) is 11.9 Å². The van der Waals surface area contributed by atoms with Gasteiger partial charge in [-0.15, -0.1) is 0 Å². The van der Waals surface area contributed by atoms with Crippen LogP contribution in [0.4, 0.5) is 0 Å². The topological polar surface area (TPSA) is 114 Å². The number of cyclic esters (lactones) is 1. The largest absolute Gasteiger partial charge is 0.485 e. The van der Waals surface area contributed by atoms with E-state index in [1.807, 2.05) is 60.7 Å². The normalized spacial score (nSPS) is 16.9. The molecule has 0 spiro atoms. The predicted molar refractivity (Wildman–Crippen MR) is 99.4 cm³/mol. The van der Waals surface area contributed by atoms with Crippen LogP contribution >= 0.6 is 0 Å². The first-order valence-corrected chi connectivity index (χ1v) is 8.66. The molecule has 28 heavy (non-hydrogen) atoms. The minimum Gasteiger partial charge on any atom is -0.485 e. The molecule has 0 amide bonds. The Bertz CT molecular complexity index is 879. The molecular weight excluding hydrogens is 362 g/mol. The molecule has 2 unspecified atom stereocenters. The highest BCUT2D eigenvalue weighted by atomic mass is 16.6. The van der Waals surface area contributed by atoms with E-state index >= 15 is 0 Å². The van der Waals surface area contributed by atoms with Gasteiger partial charge in [0.25, 0.3) is 0 Å². The van der Waals surface area contributed by atoms with Gasteiger partial charge in [0, 0.05) is 4.91 Å². The van der Waals surface area contributed by atoms with E-state index in [9.17, 15) is 9.90 Å². The van der Waals surface area contributed by atoms with Crippen molar-refractivity contribution >= 4 is 5.97 Å². The molecule has 1 N–H and O–H groups in total. The Morgan fingerprint density at radius 1 is 1.04 bits per heavy atom. The summed E-state index contributed by atoms with van der Waals surface area (Å²) in [6.07, 6.45) is -2.35. The molecule has 3 rings (SSSR count). The first kappa shape index (κ1) is 19.3. The summed E-state index contributed by atoms with van der Waals surface area (Å²) in [5.74, 6) is -0.737. The average Bonchev–Trinajstić information content (AvgIpc) is 3.05. The van der Waals surface area contributed by atoms with Crippen LogP contribution in [0.25, 0.3) is 10.4 Å². The Kier molecular flexibility index (Phi) is 6.51. The van der Waals surface area contributed by atoms with Crippen molar-refractivity contribution in [2.45, 2.75) is 25.4 Å². The molecule has 2 atom stereocenters. The van der Waals surface area contributed by atoms with Gasteiger partial charge in [-0.05, 0) is 16.7 Å². The monoisotopic (exact) mass is 381 g/mol.